The number of sulfone groups is 1. The highest BCUT2D eigenvalue weighted by atomic mass is 32.2. The van der Waals surface area contributed by atoms with Crippen LogP contribution in [0.5, 0.6) is 0 Å². The van der Waals surface area contributed by atoms with Crippen molar-refractivity contribution in [3.05, 3.63) is 0 Å². The van der Waals surface area contributed by atoms with E-state index in [2.05, 4.69) is 0 Å². The molecule has 0 saturated carbocycles. The first-order valence-electron chi connectivity index (χ1n) is 4.15. The standard InChI is InChI=1S/C6H11F2NO6S2/c1-16(12,13)3-2-4(5(10)11)9-17(14,15)6(7)8/h4,6,9H,2-3H2,1H3,(H,10,11). The molecule has 17 heavy (non-hydrogen) atoms. The number of rotatable bonds is 7. The van der Waals surface area contributed by atoms with Gasteiger partial charge < -0.3 is 5.11 Å². The average molecular weight is 295 g/mol. The maximum atomic E-state index is 11.9. The Morgan fingerprint density at radius 2 is 1.76 bits per heavy atom. The predicted molar refractivity (Wildman–Crippen MR) is 53.8 cm³/mol. The van der Waals surface area contributed by atoms with Crippen molar-refractivity contribution in [3.63, 3.8) is 0 Å². The van der Waals surface area contributed by atoms with Crippen molar-refractivity contribution in [2.24, 2.45) is 0 Å². The normalized spacial score (nSPS) is 14.8. The zero-order valence-electron chi connectivity index (χ0n) is 8.63. The molecule has 0 aromatic carbocycles. The Morgan fingerprint density at radius 1 is 1.29 bits per heavy atom. The van der Waals surface area contributed by atoms with Crippen LogP contribution < -0.4 is 4.72 Å². The second-order valence-corrected chi connectivity index (χ2v) is 7.17. The molecule has 0 aliphatic carbocycles. The van der Waals surface area contributed by atoms with Crippen LogP contribution in [-0.4, -0.2) is 51.7 Å². The van der Waals surface area contributed by atoms with Crippen molar-refractivity contribution in [2.45, 2.75) is 18.2 Å². The van der Waals surface area contributed by atoms with Gasteiger partial charge in [0, 0.05) is 6.26 Å². The van der Waals surface area contributed by atoms with Gasteiger partial charge in [-0.3, -0.25) is 4.79 Å². The summed E-state index contributed by atoms with van der Waals surface area (Å²) in [7, 11) is -8.58. The number of sulfonamides is 1. The Hall–Kier alpha value is -0.810. The third-order valence-electron chi connectivity index (χ3n) is 1.62. The van der Waals surface area contributed by atoms with Gasteiger partial charge in [-0.15, -0.1) is 0 Å². The summed E-state index contributed by atoms with van der Waals surface area (Å²) in [6, 6.07) is -1.90. The Kier molecular flexibility index (Phi) is 5.42. The molecular formula is C6H11F2NO6S2. The summed E-state index contributed by atoms with van der Waals surface area (Å²) in [6.45, 7) is 0. The van der Waals surface area contributed by atoms with Gasteiger partial charge in [-0.05, 0) is 6.42 Å². The molecular weight excluding hydrogens is 284 g/mol. The molecule has 7 nitrogen and oxygen atoms in total. The van der Waals surface area contributed by atoms with Gasteiger partial charge in [-0.25, -0.2) is 16.8 Å². The molecule has 0 aliphatic rings. The second kappa shape index (κ2) is 5.69. The van der Waals surface area contributed by atoms with Gasteiger partial charge in [-0.2, -0.15) is 13.5 Å². The lowest BCUT2D eigenvalue weighted by Crippen LogP contribution is -2.44. The van der Waals surface area contributed by atoms with Crippen LogP contribution >= 0.6 is 0 Å². The number of hydrogen-bond acceptors (Lipinski definition) is 5. The molecule has 0 bridgehead atoms. The minimum absolute atomic E-state index is 0.625. The maximum absolute atomic E-state index is 11.9. The van der Waals surface area contributed by atoms with E-state index in [0.717, 1.165) is 6.26 Å². The van der Waals surface area contributed by atoms with Gasteiger partial charge in [0.2, 0.25) is 0 Å². The minimum Gasteiger partial charge on any atom is -0.480 e. The third kappa shape index (κ3) is 6.48. The lowest BCUT2D eigenvalue weighted by molar-refractivity contribution is -0.139. The zero-order valence-corrected chi connectivity index (χ0v) is 10.3. The van der Waals surface area contributed by atoms with Gasteiger partial charge >= 0.3 is 11.7 Å². The highest BCUT2D eigenvalue weighted by Crippen LogP contribution is 2.06. The SMILES string of the molecule is CS(=O)(=O)CCC(NS(=O)(=O)C(F)F)C(=O)O. The largest absolute Gasteiger partial charge is 0.480 e. The van der Waals surface area contributed by atoms with E-state index in [-0.39, 0.29) is 0 Å². The first-order valence-corrected chi connectivity index (χ1v) is 7.76. The quantitative estimate of drug-likeness (QED) is 0.623. The zero-order chi connectivity index (χ0) is 13.9. The molecule has 0 fully saturated rings. The lowest BCUT2D eigenvalue weighted by atomic mass is 10.2. The Bertz CT molecular complexity index is 471. The van der Waals surface area contributed by atoms with E-state index >= 15 is 0 Å². The van der Waals surface area contributed by atoms with E-state index < -0.39 is 49.8 Å². The number of alkyl halides is 2. The van der Waals surface area contributed by atoms with E-state index in [9.17, 15) is 30.4 Å². The Labute approximate surface area is 96.8 Å². The first kappa shape index (κ1) is 16.2. The molecule has 0 aromatic heterocycles. The van der Waals surface area contributed by atoms with Crippen molar-refractivity contribution in [1.29, 1.82) is 0 Å². The van der Waals surface area contributed by atoms with Crippen LogP contribution in [0.1, 0.15) is 6.42 Å². The molecule has 1 atom stereocenters. The van der Waals surface area contributed by atoms with Gasteiger partial charge in [-0.1, -0.05) is 0 Å². The highest BCUT2D eigenvalue weighted by Gasteiger charge is 2.31. The molecule has 2 N–H and O–H groups in total. The number of carbonyl (C=O) groups is 1. The molecule has 0 heterocycles. The van der Waals surface area contributed by atoms with E-state index in [1.54, 1.807) is 0 Å². The van der Waals surface area contributed by atoms with Crippen LogP contribution in [0.2, 0.25) is 0 Å². The molecule has 0 spiro atoms. The van der Waals surface area contributed by atoms with Crippen LogP contribution in [0.25, 0.3) is 0 Å². The topological polar surface area (TPSA) is 118 Å². The van der Waals surface area contributed by atoms with Crippen LogP contribution in [0, 0.1) is 0 Å². The van der Waals surface area contributed by atoms with Gasteiger partial charge in [0.1, 0.15) is 15.9 Å². The summed E-state index contributed by atoms with van der Waals surface area (Å²) in [5, 5.41) is 8.55. The molecule has 1 unspecified atom stereocenters. The molecule has 102 valence electrons. The number of hydrogen-bond donors (Lipinski definition) is 2. The summed E-state index contributed by atoms with van der Waals surface area (Å²) >= 11 is 0. The summed E-state index contributed by atoms with van der Waals surface area (Å²) in [5.41, 5.74) is 0. The summed E-state index contributed by atoms with van der Waals surface area (Å²) in [4.78, 5) is 10.6. The van der Waals surface area contributed by atoms with Crippen molar-refractivity contribution < 1.29 is 35.5 Å². The number of nitrogens with one attached hydrogen (secondary N) is 1. The number of carboxylic acids is 1. The fourth-order valence-electron chi connectivity index (χ4n) is 0.814. The smallest absolute Gasteiger partial charge is 0.350 e. The van der Waals surface area contributed by atoms with E-state index in [4.69, 9.17) is 5.11 Å². The van der Waals surface area contributed by atoms with E-state index in [1.165, 1.54) is 4.72 Å². The van der Waals surface area contributed by atoms with Gasteiger partial charge in [0.25, 0.3) is 10.0 Å². The minimum atomic E-state index is -5.07. The van der Waals surface area contributed by atoms with Crippen LogP contribution in [0.15, 0.2) is 0 Å². The first-order chi connectivity index (χ1) is 7.46. The molecule has 0 rings (SSSR count). The number of aliphatic carboxylic acids is 1. The van der Waals surface area contributed by atoms with Crippen LogP contribution in [0.3, 0.4) is 0 Å². The van der Waals surface area contributed by atoms with Crippen molar-refractivity contribution in [3.8, 4) is 0 Å². The molecule has 0 radical (unpaired) electrons. The summed E-state index contributed by atoms with van der Waals surface area (Å²) in [6.07, 6.45) is 0.188. The van der Waals surface area contributed by atoms with Crippen molar-refractivity contribution >= 4 is 25.8 Å². The lowest BCUT2D eigenvalue weighted by Gasteiger charge is -2.13. The van der Waals surface area contributed by atoms with Crippen LogP contribution in [-0.2, 0) is 24.7 Å². The molecule has 0 amide bonds. The summed E-state index contributed by atoms with van der Waals surface area (Å²) < 4.78 is 68.0. The fraction of sp³-hybridized carbons (Fsp3) is 0.833. The van der Waals surface area contributed by atoms with Gasteiger partial charge in [0.15, 0.2) is 0 Å². The predicted octanol–water partition coefficient (Wildman–Crippen LogP) is -0.984. The molecule has 0 aliphatic heterocycles. The Balaban J connectivity index is 4.74. The average Bonchev–Trinajstić information content (AvgIpc) is 2.09. The van der Waals surface area contributed by atoms with Crippen LogP contribution in [0.4, 0.5) is 8.78 Å². The second-order valence-electron chi connectivity index (χ2n) is 3.23. The van der Waals surface area contributed by atoms with E-state index in [0.29, 0.717) is 0 Å². The van der Waals surface area contributed by atoms with E-state index in [1.807, 2.05) is 0 Å². The van der Waals surface area contributed by atoms with Crippen molar-refractivity contribution in [2.75, 3.05) is 12.0 Å². The number of carboxylic acid groups (broad SMARTS) is 1. The molecule has 0 aromatic rings. The molecule has 11 heteroatoms. The monoisotopic (exact) mass is 295 g/mol. The van der Waals surface area contributed by atoms with Crippen molar-refractivity contribution in [1.82, 2.24) is 4.72 Å². The number of halogens is 2. The third-order valence-corrected chi connectivity index (χ3v) is 3.68. The molecule has 0 saturated heterocycles. The van der Waals surface area contributed by atoms with Gasteiger partial charge in [0.05, 0.1) is 5.75 Å². The Morgan fingerprint density at radius 3 is 2.06 bits per heavy atom. The summed E-state index contributed by atoms with van der Waals surface area (Å²) in [5.74, 6) is -6.13. The maximum Gasteiger partial charge on any atom is 0.350 e. The fourth-order valence-corrected chi connectivity index (χ4v) is 2.20. The highest BCUT2D eigenvalue weighted by molar-refractivity contribution is 7.90.